The summed E-state index contributed by atoms with van der Waals surface area (Å²) in [5.74, 6) is 0. The van der Waals surface area contributed by atoms with E-state index in [0.717, 1.165) is 0 Å². The Hall–Kier alpha value is 0.337. The molecule has 1 heteroatoms. The molecule has 0 aromatic heterocycles. The zero-order valence-electron chi connectivity index (χ0n) is 2.86. The molecule has 25 valence electrons. The zero-order chi connectivity index (χ0) is 3.41. The maximum absolute atomic E-state index is 3.42. The second-order valence-corrected chi connectivity index (χ2v) is 0.569. The van der Waals surface area contributed by atoms with Crippen LogP contribution in [0.4, 0.5) is 0 Å². The Labute approximate surface area is 45.4 Å². The summed E-state index contributed by atoms with van der Waals surface area (Å²) in [5, 5.41) is 0. The van der Waals surface area contributed by atoms with E-state index in [1.54, 1.807) is 6.08 Å². The summed E-state index contributed by atoms with van der Waals surface area (Å²) in [7, 11) is 0. The van der Waals surface area contributed by atoms with Gasteiger partial charge in [0.15, 0.2) is 0 Å². The van der Waals surface area contributed by atoms with E-state index in [1.165, 1.54) is 0 Å². The van der Waals surface area contributed by atoms with E-state index in [9.17, 15) is 0 Å². The van der Waals surface area contributed by atoms with Crippen molar-refractivity contribution in [1.82, 2.24) is 0 Å². The third kappa shape index (κ3) is 13.2. The fourth-order valence-corrected chi connectivity index (χ4v) is 0. The Morgan fingerprint density at radius 3 is 1.80 bits per heavy atom. The van der Waals surface area contributed by atoms with E-state index in [4.69, 9.17) is 0 Å². The van der Waals surface area contributed by atoms with E-state index >= 15 is 0 Å². The molecule has 0 heterocycles. The van der Waals surface area contributed by atoms with Gasteiger partial charge in [-0.25, -0.2) is 0 Å². The Bertz CT molecular complexity index is 18.8. The molecular formula is C4H8Li. The first-order valence-corrected chi connectivity index (χ1v) is 1.32. The van der Waals surface area contributed by atoms with E-state index in [0.29, 0.717) is 0 Å². The van der Waals surface area contributed by atoms with Crippen LogP contribution in [-0.2, 0) is 0 Å². The second-order valence-electron chi connectivity index (χ2n) is 0.569. The molecule has 0 rings (SSSR count). The Kier molecular flexibility index (Phi) is 15.9. The van der Waals surface area contributed by atoms with Crippen molar-refractivity contribution in [3.05, 3.63) is 19.1 Å². The summed E-state index contributed by atoms with van der Waals surface area (Å²) in [4.78, 5) is 0. The Morgan fingerprint density at radius 1 is 1.60 bits per heavy atom. The molecule has 0 N–H and O–H groups in total. The van der Waals surface area contributed by atoms with Gasteiger partial charge in [0.25, 0.3) is 0 Å². The van der Waals surface area contributed by atoms with Crippen LogP contribution in [0.25, 0.3) is 0 Å². The fourth-order valence-electron chi connectivity index (χ4n) is 0. The van der Waals surface area contributed by atoms with Crippen molar-refractivity contribution in [3.63, 3.8) is 0 Å². The molecule has 0 bridgehead atoms. The van der Waals surface area contributed by atoms with Gasteiger partial charge < -0.3 is 0 Å². The quantitative estimate of drug-likeness (QED) is 0.364. The molecule has 0 unspecified atom stereocenters. The summed E-state index contributed by atoms with van der Waals surface area (Å²) >= 11 is 0. The van der Waals surface area contributed by atoms with Crippen LogP contribution in [0.1, 0.15) is 6.92 Å². The molecule has 0 amide bonds. The third-order valence-electron chi connectivity index (χ3n) is 0.236. The first kappa shape index (κ1) is 9.02. The minimum absolute atomic E-state index is 0. The number of allylic oxidation sites excluding steroid dienone is 2. The van der Waals surface area contributed by atoms with Crippen molar-refractivity contribution in [2.75, 3.05) is 0 Å². The summed E-state index contributed by atoms with van der Waals surface area (Å²) in [5.41, 5.74) is 0. The second kappa shape index (κ2) is 8.84. The maximum atomic E-state index is 3.42. The average molecular weight is 63.0 g/mol. The van der Waals surface area contributed by atoms with Gasteiger partial charge in [0.1, 0.15) is 0 Å². The van der Waals surface area contributed by atoms with E-state index in [1.807, 2.05) is 13.0 Å². The molecule has 1 radical (unpaired) electrons. The zero-order valence-corrected chi connectivity index (χ0v) is 2.86. The molecule has 5 heavy (non-hydrogen) atoms. The molecule has 0 aliphatic rings. The third-order valence-corrected chi connectivity index (χ3v) is 0.236. The van der Waals surface area contributed by atoms with Gasteiger partial charge in [0.05, 0.1) is 0 Å². The molecule has 0 aliphatic heterocycles. The molecular weight excluding hydrogens is 55.0 g/mol. The van der Waals surface area contributed by atoms with Crippen molar-refractivity contribution in [2.24, 2.45) is 0 Å². The first-order valence-electron chi connectivity index (χ1n) is 1.32. The SMILES string of the molecule is [CH2]C=CC.[LiH]. The normalized spacial score (nSPS) is 7.60. The van der Waals surface area contributed by atoms with Gasteiger partial charge in [0.2, 0.25) is 0 Å². The van der Waals surface area contributed by atoms with Crippen LogP contribution in [-0.4, -0.2) is 18.9 Å². The van der Waals surface area contributed by atoms with Gasteiger partial charge in [-0.15, -0.1) is 0 Å². The molecule has 0 nitrogen and oxygen atoms in total. The fraction of sp³-hybridized carbons (Fsp3) is 0.250. The molecule has 0 spiro atoms. The van der Waals surface area contributed by atoms with Gasteiger partial charge in [-0.3, -0.25) is 0 Å². The number of hydrogen-bond donors (Lipinski definition) is 0. The molecule has 0 aliphatic carbocycles. The van der Waals surface area contributed by atoms with Crippen LogP contribution in [0, 0.1) is 6.92 Å². The minimum atomic E-state index is 0. The van der Waals surface area contributed by atoms with Gasteiger partial charge in [-0.1, -0.05) is 12.2 Å². The molecule has 0 aromatic carbocycles. The molecule has 0 saturated heterocycles. The van der Waals surface area contributed by atoms with Gasteiger partial charge >= 0.3 is 18.9 Å². The molecule has 0 saturated carbocycles. The van der Waals surface area contributed by atoms with E-state index in [-0.39, 0.29) is 18.9 Å². The summed E-state index contributed by atoms with van der Waals surface area (Å²) in [6.45, 7) is 5.36. The van der Waals surface area contributed by atoms with Crippen LogP contribution >= 0.6 is 0 Å². The predicted molar refractivity (Wildman–Crippen MR) is 27.3 cm³/mol. The molecule has 0 atom stereocenters. The van der Waals surface area contributed by atoms with Gasteiger partial charge in [0, 0.05) is 0 Å². The predicted octanol–water partition coefficient (Wildman–Crippen LogP) is 0.748. The number of hydrogen-bond acceptors (Lipinski definition) is 0. The Balaban J connectivity index is 0. The van der Waals surface area contributed by atoms with Gasteiger partial charge in [-0.2, -0.15) is 0 Å². The van der Waals surface area contributed by atoms with E-state index in [2.05, 4.69) is 6.92 Å². The summed E-state index contributed by atoms with van der Waals surface area (Å²) in [6, 6.07) is 0. The summed E-state index contributed by atoms with van der Waals surface area (Å²) in [6.07, 6.45) is 3.64. The van der Waals surface area contributed by atoms with Crippen LogP contribution in [0.5, 0.6) is 0 Å². The average Bonchev–Trinajstić information content (AvgIpc) is 1.37. The monoisotopic (exact) mass is 63.1 g/mol. The van der Waals surface area contributed by atoms with Crippen LogP contribution < -0.4 is 0 Å². The van der Waals surface area contributed by atoms with Crippen LogP contribution in [0.15, 0.2) is 12.2 Å². The van der Waals surface area contributed by atoms with Crippen molar-refractivity contribution in [1.29, 1.82) is 0 Å². The summed E-state index contributed by atoms with van der Waals surface area (Å²) < 4.78 is 0. The molecule has 0 fully saturated rings. The van der Waals surface area contributed by atoms with Gasteiger partial charge in [-0.05, 0) is 13.8 Å². The van der Waals surface area contributed by atoms with Crippen molar-refractivity contribution in [3.8, 4) is 0 Å². The Morgan fingerprint density at radius 2 is 1.80 bits per heavy atom. The van der Waals surface area contributed by atoms with Crippen LogP contribution in [0.2, 0.25) is 0 Å². The topological polar surface area (TPSA) is 0 Å². The van der Waals surface area contributed by atoms with Crippen molar-refractivity contribution in [2.45, 2.75) is 6.92 Å². The van der Waals surface area contributed by atoms with Crippen molar-refractivity contribution >= 4 is 18.9 Å². The first-order chi connectivity index (χ1) is 1.91. The molecule has 0 aromatic rings. The number of rotatable bonds is 0. The standard InChI is InChI=1S/C4H7.Li.H/c1-3-4-2;;/h3-4H,1H2,2H3;;. The van der Waals surface area contributed by atoms with E-state index < -0.39 is 0 Å². The van der Waals surface area contributed by atoms with Crippen molar-refractivity contribution < 1.29 is 0 Å². The van der Waals surface area contributed by atoms with Crippen LogP contribution in [0.3, 0.4) is 0 Å².